The second-order valence-electron chi connectivity index (χ2n) is 4.82. The van der Waals surface area contributed by atoms with Gasteiger partial charge in [-0.05, 0) is 24.6 Å². The monoisotopic (exact) mass is 294 g/mol. The van der Waals surface area contributed by atoms with Gasteiger partial charge in [-0.25, -0.2) is 4.98 Å². The molecule has 1 aliphatic heterocycles. The summed E-state index contributed by atoms with van der Waals surface area (Å²) in [6.07, 6.45) is 2.28. The van der Waals surface area contributed by atoms with Crippen molar-refractivity contribution in [1.29, 1.82) is 0 Å². The third kappa shape index (κ3) is 2.32. The van der Waals surface area contributed by atoms with E-state index in [1.54, 1.807) is 36.2 Å². The quantitative estimate of drug-likeness (QED) is 0.850. The zero-order chi connectivity index (χ0) is 14.1. The van der Waals surface area contributed by atoms with Gasteiger partial charge in [0.05, 0.1) is 36.0 Å². The van der Waals surface area contributed by atoms with Crippen LogP contribution in [0.4, 0.5) is 0 Å². The van der Waals surface area contributed by atoms with Gasteiger partial charge in [0, 0.05) is 18.7 Å². The van der Waals surface area contributed by atoms with Crippen LogP contribution >= 0.6 is 11.6 Å². The second-order valence-corrected chi connectivity index (χ2v) is 5.26. The standard InChI is InChI=1S/C14H15ClN2O3/c1-19-13-4-5-20-7-12(13)17-8-16-11-6-9(15)2-3-10(11)14(17)18/h2-3,6,8,12-13H,4-5,7H2,1H3/t12-,13-/m1/s1. The Balaban J connectivity index is 2.10. The number of nitrogens with zero attached hydrogens (tertiary/aromatic N) is 2. The van der Waals surface area contributed by atoms with Crippen molar-refractivity contribution in [3.63, 3.8) is 0 Å². The lowest BCUT2D eigenvalue weighted by Gasteiger charge is -2.31. The molecule has 0 unspecified atom stereocenters. The first-order chi connectivity index (χ1) is 9.70. The topological polar surface area (TPSA) is 53.4 Å². The molecule has 0 spiro atoms. The Hall–Kier alpha value is -1.43. The average molecular weight is 295 g/mol. The van der Waals surface area contributed by atoms with E-state index in [4.69, 9.17) is 21.1 Å². The van der Waals surface area contributed by atoms with Crippen LogP contribution in [0, 0.1) is 0 Å². The van der Waals surface area contributed by atoms with Crippen molar-refractivity contribution in [1.82, 2.24) is 9.55 Å². The molecule has 0 saturated carbocycles. The molecule has 6 heteroatoms. The number of methoxy groups -OCH3 is 1. The summed E-state index contributed by atoms with van der Waals surface area (Å²) in [5.74, 6) is 0. The van der Waals surface area contributed by atoms with Crippen molar-refractivity contribution in [3.05, 3.63) is 39.9 Å². The molecule has 0 amide bonds. The summed E-state index contributed by atoms with van der Waals surface area (Å²) in [5.41, 5.74) is 0.508. The molecule has 1 aromatic carbocycles. The van der Waals surface area contributed by atoms with Crippen LogP contribution in [0.2, 0.25) is 5.02 Å². The number of benzene rings is 1. The summed E-state index contributed by atoms with van der Waals surface area (Å²) in [7, 11) is 1.66. The molecule has 0 bridgehead atoms. The molecule has 2 atom stereocenters. The molecule has 20 heavy (non-hydrogen) atoms. The molecule has 3 rings (SSSR count). The number of aromatic nitrogens is 2. The molecule has 1 aliphatic rings. The van der Waals surface area contributed by atoms with Gasteiger partial charge in [-0.15, -0.1) is 0 Å². The minimum absolute atomic E-state index is 0.0343. The van der Waals surface area contributed by atoms with E-state index < -0.39 is 0 Å². The van der Waals surface area contributed by atoms with Crippen molar-refractivity contribution in [3.8, 4) is 0 Å². The van der Waals surface area contributed by atoms with E-state index in [1.807, 2.05) is 0 Å². The van der Waals surface area contributed by atoms with Crippen LogP contribution < -0.4 is 5.56 Å². The molecule has 1 aromatic heterocycles. The molecule has 1 saturated heterocycles. The molecule has 0 aliphatic carbocycles. The van der Waals surface area contributed by atoms with Crippen LogP contribution in [0.1, 0.15) is 12.5 Å². The Morgan fingerprint density at radius 1 is 1.50 bits per heavy atom. The lowest BCUT2D eigenvalue weighted by molar-refractivity contribution is -0.0508. The third-order valence-electron chi connectivity index (χ3n) is 3.67. The fraction of sp³-hybridized carbons (Fsp3) is 0.429. The maximum Gasteiger partial charge on any atom is 0.261 e. The molecular formula is C14H15ClN2O3. The highest BCUT2D eigenvalue weighted by atomic mass is 35.5. The number of ether oxygens (including phenoxy) is 2. The molecule has 0 radical (unpaired) electrons. The minimum atomic E-state index is -0.145. The SMILES string of the molecule is CO[C@@H]1CCOC[C@H]1n1cnc2cc(Cl)ccc2c1=O. The van der Waals surface area contributed by atoms with Crippen LogP contribution in [0.3, 0.4) is 0 Å². The highest BCUT2D eigenvalue weighted by molar-refractivity contribution is 6.31. The van der Waals surface area contributed by atoms with Crippen LogP contribution in [-0.4, -0.2) is 36.0 Å². The molecule has 106 valence electrons. The first kappa shape index (κ1) is 13.5. The summed E-state index contributed by atoms with van der Waals surface area (Å²) in [4.78, 5) is 16.9. The summed E-state index contributed by atoms with van der Waals surface area (Å²) >= 11 is 5.92. The highest BCUT2D eigenvalue weighted by Gasteiger charge is 2.28. The van der Waals surface area contributed by atoms with Gasteiger partial charge < -0.3 is 9.47 Å². The number of fused-ring (bicyclic) bond motifs is 1. The largest absolute Gasteiger partial charge is 0.379 e. The van der Waals surface area contributed by atoms with Gasteiger partial charge in [-0.2, -0.15) is 0 Å². The predicted molar refractivity (Wildman–Crippen MR) is 76.3 cm³/mol. The highest BCUT2D eigenvalue weighted by Crippen LogP contribution is 2.22. The predicted octanol–water partition coefficient (Wildman–Crippen LogP) is 2.03. The number of rotatable bonds is 2. The van der Waals surface area contributed by atoms with E-state index in [0.717, 1.165) is 6.42 Å². The van der Waals surface area contributed by atoms with Crippen LogP contribution in [-0.2, 0) is 9.47 Å². The zero-order valence-corrected chi connectivity index (χ0v) is 11.8. The molecule has 2 heterocycles. The molecule has 1 fully saturated rings. The summed E-state index contributed by atoms with van der Waals surface area (Å²) in [6.45, 7) is 1.11. The molecule has 5 nitrogen and oxygen atoms in total. The minimum Gasteiger partial charge on any atom is -0.379 e. The van der Waals surface area contributed by atoms with Crippen molar-refractivity contribution < 1.29 is 9.47 Å². The van der Waals surface area contributed by atoms with E-state index >= 15 is 0 Å². The van der Waals surface area contributed by atoms with E-state index in [9.17, 15) is 4.79 Å². The van der Waals surface area contributed by atoms with Gasteiger partial charge >= 0.3 is 0 Å². The first-order valence-corrected chi connectivity index (χ1v) is 6.85. The third-order valence-corrected chi connectivity index (χ3v) is 3.91. The van der Waals surface area contributed by atoms with Crippen LogP contribution in [0.25, 0.3) is 10.9 Å². The van der Waals surface area contributed by atoms with Crippen molar-refractivity contribution in [2.24, 2.45) is 0 Å². The Kier molecular flexibility index (Phi) is 3.74. The zero-order valence-electron chi connectivity index (χ0n) is 11.1. The summed E-state index contributed by atoms with van der Waals surface area (Å²) in [5, 5.41) is 1.12. The van der Waals surface area contributed by atoms with Crippen molar-refractivity contribution in [2.75, 3.05) is 20.3 Å². The summed E-state index contributed by atoms with van der Waals surface area (Å²) in [6, 6.07) is 4.94. The Morgan fingerprint density at radius 3 is 3.15 bits per heavy atom. The lowest BCUT2D eigenvalue weighted by atomic mass is 10.1. The van der Waals surface area contributed by atoms with Gasteiger partial charge in [0.25, 0.3) is 5.56 Å². The number of hydrogen-bond acceptors (Lipinski definition) is 4. The smallest absolute Gasteiger partial charge is 0.261 e. The van der Waals surface area contributed by atoms with Gasteiger partial charge in [-0.3, -0.25) is 9.36 Å². The maximum absolute atomic E-state index is 12.6. The van der Waals surface area contributed by atoms with Crippen molar-refractivity contribution in [2.45, 2.75) is 18.6 Å². The Bertz CT molecular complexity index is 686. The second kappa shape index (κ2) is 5.52. The van der Waals surface area contributed by atoms with Crippen LogP contribution in [0.5, 0.6) is 0 Å². The van der Waals surface area contributed by atoms with Gasteiger partial charge in [0.2, 0.25) is 0 Å². The van der Waals surface area contributed by atoms with E-state index in [1.165, 1.54) is 0 Å². The number of halogens is 1. The Morgan fingerprint density at radius 2 is 2.35 bits per heavy atom. The van der Waals surface area contributed by atoms with Gasteiger partial charge in [-0.1, -0.05) is 11.6 Å². The Labute approximate surface area is 121 Å². The molecule has 2 aromatic rings. The van der Waals surface area contributed by atoms with Gasteiger partial charge in [0.15, 0.2) is 0 Å². The molecular weight excluding hydrogens is 280 g/mol. The molecule has 0 N–H and O–H groups in total. The maximum atomic E-state index is 12.6. The number of hydrogen-bond donors (Lipinski definition) is 0. The fourth-order valence-corrected chi connectivity index (χ4v) is 2.75. The van der Waals surface area contributed by atoms with E-state index in [-0.39, 0.29) is 17.7 Å². The van der Waals surface area contributed by atoms with E-state index in [2.05, 4.69) is 4.98 Å². The fourth-order valence-electron chi connectivity index (χ4n) is 2.58. The van der Waals surface area contributed by atoms with E-state index in [0.29, 0.717) is 29.1 Å². The van der Waals surface area contributed by atoms with Crippen LogP contribution in [0.15, 0.2) is 29.3 Å². The first-order valence-electron chi connectivity index (χ1n) is 6.47. The average Bonchev–Trinajstić information content (AvgIpc) is 2.47. The summed E-state index contributed by atoms with van der Waals surface area (Å²) < 4.78 is 12.5. The lowest BCUT2D eigenvalue weighted by Crippen LogP contribution is -2.40. The van der Waals surface area contributed by atoms with Crippen molar-refractivity contribution >= 4 is 22.5 Å². The van der Waals surface area contributed by atoms with Gasteiger partial charge in [0.1, 0.15) is 0 Å². The normalized spacial score (nSPS) is 23.1.